The largest absolute Gasteiger partial charge is 0.357 e. The van der Waals surface area contributed by atoms with Crippen LogP contribution in [0, 0.1) is 18.7 Å². The van der Waals surface area contributed by atoms with Crippen molar-refractivity contribution in [1.82, 2.24) is 10.6 Å². The summed E-state index contributed by atoms with van der Waals surface area (Å²) in [6, 6.07) is 12.8. The molecule has 0 saturated carbocycles. The lowest BCUT2D eigenvalue weighted by atomic mass is 10.1. The molecule has 0 radical (unpaired) electrons. The number of amides is 1. The Kier molecular flexibility index (Phi) is 7.99. The molecule has 0 aliphatic carbocycles. The molecule has 0 aliphatic rings. The number of aryl methyl sites for hydroxylation is 1. The third-order valence-electron chi connectivity index (χ3n) is 4.19. The lowest BCUT2D eigenvalue weighted by Crippen LogP contribution is -2.36. The first-order valence-corrected chi connectivity index (χ1v) is 9.56. The van der Waals surface area contributed by atoms with Gasteiger partial charge < -0.3 is 16.0 Å². The average Bonchev–Trinajstić information content (AvgIpc) is 2.67. The van der Waals surface area contributed by atoms with Crippen molar-refractivity contribution in [2.45, 2.75) is 40.8 Å². The van der Waals surface area contributed by atoms with Crippen LogP contribution in [-0.2, 0) is 17.9 Å². The maximum absolute atomic E-state index is 13.4. The van der Waals surface area contributed by atoms with E-state index in [1.54, 1.807) is 13.0 Å². The Bertz CT molecular complexity index is 816. The molecule has 0 aromatic heterocycles. The summed E-state index contributed by atoms with van der Waals surface area (Å²) in [5, 5.41) is 9.37. The second kappa shape index (κ2) is 10.4. The Morgan fingerprint density at radius 1 is 1.07 bits per heavy atom. The summed E-state index contributed by atoms with van der Waals surface area (Å²) >= 11 is 0. The molecule has 0 unspecified atom stereocenters. The second-order valence-electron chi connectivity index (χ2n) is 6.97. The number of nitrogens with one attached hydrogen (secondary N) is 3. The molecule has 28 heavy (non-hydrogen) atoms. The van der Waals surface area contributed by atoms with Crippen LogP contribution in [-0.4, -0.2) is 18.4 Å². The zero-order valence-corrected chi connectivity index (χ0v) is 17.0. The molecule has 0 fully saturated rings. The van der Waals surface area contributed by atoms with Gasteiger partial charge in [0.1, 0.15) is 5.82 Å². The number of guanidine groups is 1. The van der Waals surface area contributed by atoms with E-state index in [0.717, 1.165) is 23.4 Å². The Labute approximate surface area is 166 Å². The molecule has 5 nitrogen and oxygen atoms in total. The lowest BCUT2D eigenvalue weighted by Gasteiger charge is -2.12. The number of hydrogen-bond acceptors (Lipinski definition) is 2. The van der Waals surface area contributed by atoms with Gasteiger partial charge in [-0.1, -0.05) is 38.1 Å². The van der Waals surface area contributed by atoms with E-state index in [9.17, 15) is 9.18 Å². The summed E-state index contributed by atoms with van der Waals surface area (Å²) in [7, 11) is 0. The fraction of sp³-hybridized carbons (Fsp3) is 0.364. The van der Waals surface area contributed by atoms with Gasteiger partial charge in [-0.25, -0.2) is 9.38 Å². The zero-order chi connectivity index (χ0) is 20.5. The molecule has 3 N–H and O–H groups in total. The minimum Gasteiger partial charge on any atom is -0.357 e. The molecule has 2 rings (SSSR count). The maximum Gasteiger partial charge on any atom is 0.226 e. The smallest absolute Gasteiger partial charge is 0.226 e. The van der Waals surface area contributed by atoms with E-state index in [0.29, 0.717) is 24.6 Å². The molecule has 0 atom stereocenters. The van der Waals surface area contributed by atoms with Crippen molar-refractivity contribution in [2.24, 2.45) is 10.9 Å². The summed E-state index contributed by atoms with van der Waals surface area (Å²) in [5.74, 6) is 0.445. The van der Waals surface area contributed by atoms with Gasteiger partial charge in [0.15, 0.2) is 5.96 Å². The maximum atomic E-state index is 13.4. The molecule has 6 heteroatoms. The van der Waals surface area contributed by atoms with Crippen LogP contribution in [0.3, 0.4) is 0 Å². The van der Waals surface area contributed by atoms with Gasteiger partial charge >= 0.3 is 0 Å². The number of rotatable bonds is 7. The van der Waals surface area contributed by atoms with Crippen LogP contribution in [0.15, 0.2) is 47.5 Å². The summed E-state index contributed by atoms with van der Waals surface area (Å²) in [6.45, 7) is 9.30. The fourth-order valence-corrected chi connectivity index (χ4v) is 2.50. The highest BCUT2D eigenvalue weighted by molar-refractivity contribution is 5.92. The molecule has 0 aliphatic heterocycles. The molecule has 0 spiro atoms. The highest BCUT2D eigenvalue weighted by Gasteiger charge is 2.07. The molecule has 2 aromatic rings. The van der Waals surface area contributed by atoms with E-state index >= 15 is 0 Å². The van der Waals surface area contributed by atoms with Crippen LogP contribution in [0.1, 0.15) is 37.5 Å². The van der Waals surface area contributed by atoms with Gasteiger partial charge in [-0.05, 0) is 48.7 Å². The predicted molar refractivity (Wildman–Crippen MR) is 113 cm³/mol. The van der Waals surface area contributed by atoms with Crippen molar-refractivity contribution in [3.8, 4) is 0 Å². The standard InChI is InChI=1S/C22H29FN4O/c1-5-24-22(26-14-18-8-11-20(23)16(4)12-18)25-13-17-6-9-19(10-7-17)27-21(28)15(2)3/h6-12,15H,5,13-14H2,1-4H3,(H,27,28)(H2,24,25,26). The quantitative estimate of drug-likeness (QED) is 0.500. The topological polar surface area (TPSA) is 65.5 Å². The summed E-state index contributed by atoms with van der Waals surface area (Å²) in [6.07, 6.45) is 0. The van der Waals surface area contributed by atoms with E-state index in [1.165, 1.54) is 6.07 Å². The average molecular weight is 384 g/mol. The number of halogens is 1. The SMILES string of the molecule is CCNC(=NCc1ccc(F)c(C)c1)NCc1ccc(NC(=O)C(C)C)cc1. The van der Waals surface area contributed by atoms with Crippen molar-refractivity contribution >= 4 is 17.6 Å². The number of aliphatic imine (C=N–C) groups is 1. The molecular formula is C22H29FN4O. The number of anilines is 1. The van der Waals surface area contributed by atoms with Crippen molar-refractivity contribution in [3.05, 3.63) is 65.0 Å². The minimum atomic E-state index is -0.203. The van der Waals surface area contributed by atoms with E-state index in [4.69, 9.17) is 0 Å². The van der Waals surface area contributed by atoms with Crippen LogP contribution in [0.5, 0.6) is 0 Å². The Hall–Kier alpha value is -2.89. The molecule has 0 heterocycles. The molecule has 1 amide bonds. The van der Waals surface area contributed by atoms with Crippen molar-refractivity contribution in [1.29, 1.82) is 0 Å². The summed E-state index contributed by atoms with van der Waals surface area (Å²) in [5.41, 5.74) is 3.44. The number of carbonyl (C=O) groups is 1. The summed E-state index contributed by atoms with van der Waals surface area (Å²) < 4.78 is 13.4. The first kappa shape index (κ1) is 21.4. The van der Waals surface area contributed by atoms with Crippen molar-refractivity contribution in [2.75, 3.05) is 11.9 Å². The highest BCUT2D eigenvalue weighted by atomic mass is 19.1. The fourth-order valence-electron chi connectivity index (χ4n) is 2.50. The Morgan fingerprint density at radius 2 is 1.75 bits per heavy atom. The van der Waals surface area contributed by atoms with Crippen molar-refractivity contribution < 1.29 is 9.18 Å². The van der Waals surface area contributed by atoms with Crippen LogP contribution < -0.4 is 16.0 Å². The molecule has 150 valence electrons. The number of carbonyl (C=O) groups excluding carboxylic acids is 1. The molecule has 2 aromatic carbocycles. The van der Waals surface area contributed by atoms with Crippen LogP contribution in [0.2, 0.25) is 0 Å². The molecular weight excluding hydrogens is 355 g/mol. The van der Waals surface area contributed by atoms with E-state index < -0.39 is 0 Å². The summed E-state index contributed by atoms with van der Waals surface area (Å²) in [4.78, 5) is 16.3. The first-order chi connectivity index (χ1) is 13.4. The predicted octanol–water partition coefficient (Wildman–Crippen LogP) is 3.98. The number of nitrogens with zero attached hydrogens (tertiary/aromatic N) is 1. The zero-order valence-electron chi connectivity index (χ0n) is 17.0. The van der Waals surface area contributed by atoms with Crippen LogP contribution >= 0.6 is 0 Å². The highest BCUT2D eigenvalue weighted by Crippen LogP contribution is 2.12. The third-order valence-corrected chi connectivity index (χ3v) is 4.19. The van der Waals surface area contributed by atoms with Gasteiger partial charge in [0.25, 0.3) is 0 Å². The minimum absolute atomic E-state index is 0.00321. The van der Waals surface area contributed by atoms with E-state index in [1.807, 2.05) is 51.1 Å². The lowest BCUT2D eigenvalue weighted by molar-refractivity contribution is -0.118. The van der Waals surface area contributed by atoms with Gasteiger partial charge in [0, 0.05) is 24.7 Å². The normalized spacial score (nSPS) is 11.4. The number of hydrogen-bond donors (Lipinski definition) is 3. The Balaban J connectivity index is 1.94. The van der Waals surface area contributed by atoms with Gasteiger partial charge in [-0.3, -0.25) is 4.79 Å². The second-order valence-corrected chi connectivity index (χ2v) is 6.97. The van der Waals surface area contributed by atoms with Gasteiger partial charge in [0.2, 0.25) is 5.91 Å². The first-order valence-electron chi connectivity index (χ1n) is 9.56. The molecule has 0 bridgehead atoms. The van der Waals surface area contributed by atoms with Gasteiger partial charge in [-0.2, -0.15) is 0 Å². The number of benzene rings is 2. The van der Waals surface area contributed by atoms with Gasteiger partial charge in [0.05, 0.1) is 6.54 Å². The molecule has 0 saturated heterocycles. The van der Waals surface area contributed by atoms with Crippen molar-refractivity contribution in [3.63, 3.8) is 0 Å². The Morgan fingerprint density at radius 3 is 2.36 bits per heavy atom. The van der Waals surface area contributed by atoms with E-state index in [2.05, 4.69) is 20.9 Å². The third kappa shape index (κ3) is 6.68. The van der Waals surface area contributed by atoms with Gasteiger partial charge in [-0.15, -0.1) is 0 Å². The van der Waals surface area contributed by atoms with Crippen LogP contribution in [0.4, 0.5) is 10.1 Å². The van der Waals surface area contributed by atoms with E-state index in [-0.39, 0.29) is 17.6 Å². The van der Waals surface area contributed by atoms with Crippen LogP contribution in [0.25, 0.3) is 0 Å². The monoisotopic (exact) mass is 384 g/mol.